The summed E-state index contributed by atoms with van der Waals surface area (Å²) in [6.07, 6.45) is 0.299. The molecule has 0 aliphatic heterocycles. The zero-order valence-electron chi connectivity index (χ0n) is 10.1. The van der Waals surface area contributed by atoms with Gasteiger partial charge in [0.05, 0.1) is 5.38 Å². The summed E-state index contributed by atoms with van der Waals surface area (Å²) in [7, 11) is 0. The molecule has 2 aromatic rings. The van der Waals surface area contributed by atoms with Gasteiger partial charge in [-0.15, -0.1) is 11.6 Å². The molecule has 0 saturated heterocycles. The first-order valence-corrected chi connectivity index (χ1v) is 6.06. The van der Waals surface area contributed by atoms with Crippen molar-refractivity contribution in [3.8, 4) is 0 Å². The SMILES string of the molecule is Cc1cc(C(Cl)Cc2ccc(F)cc2F)c(C)o1. The molecule has 4 heteroatoms. The summed E-state index contributed by atoms with van der Waals surface area (Å²) in [6.45, 7) is 3.65. The molecule has 1 aromatic heterocycles. The molecule has 0 saturated carbocycles. The highest BCUT2D eigenvalue weighted by Gasteiger charge is 2.17. The topological polar surface area (TPSA) is 13.1 Å². The fourth-order valence-corrected chi connectivity index (χ4v) is 2.33. The Morgan fingerprint density at radius 3 is 2.50 bits per heavy atom. The lowest BCUT2D eigenvalue weighted by molar-refractivity contribution is 0.500. The predicted molar refractivity (Wildman–Crippen MR) is 66.8 cm³/mol. The van der Waals surface area contributed by atoms with Gasteiger partial charge < -0.3 is 4.42 Å². The van der Waals surface area contributed by atoms with Crippen molar-refractivity contribution in [3.63, 3.8) is 0 Å². The van der Waals surface area contributed by atoms with Gasteiger partial charge in [-0.25, -0.2) is 8.78 Å². The molecule has 18 heavy (non-hydrogen) atoms. The number of aryl methyl sites for hydroxylation is 2. The maximum absolute atomic E-state index is 13.5. The van der Waals surface area contributed by atoms with Gasteiger partial charge in [-0.05, 0) is 38.0 Å². The van der Waals surface area contributed by atoms with Crippen LogP contribution in [0.5, 0.6) is 0 Å². The smallest absolute Gasteiger partial charge is 0.129 e. The summed E-state index contributed by atoms with van der Waals surface area (Å²) in [6, 6.07) is 5.36. The lowest BCUT2D eigenvalue weighted by Gasteiger charge is -2.09. The fraction of sp³-hybridized carbons (Fsp3) is 0.286. The van der Waals surface area contributed by atoms with Crippen LogP contribution in [0.25, 0.3) is 0 Å². The van der Waals surface area contributed by atoms with Crippen LogP contribution < -0.4 is 0 Å². The molecule has 0 N–H and O–H groups in total. The minimum Gasteiger partial charge on any atom is -0.466 e. The zero-order chi connectivity index (χ0) is 13.3. The maximum Gasteiger partial charge on any atom is 0.129 e. The second-order valence-electron chi connectivity index (χ2n) is 4.28. The highest BCUT2D eigenvalue weighted by atomic mass is 35.5. The molecule has 1 aromatic carbocycles. The van der Waals surface area contributed by atoms with E-state index >= 15 is 0 Å². The Balaban J connectivity index is 2.21. The first-order chi connectivity index (χ1) is 8.47. The number of furan rings is 1. The van der Waals surface area contributed by atoms with E-state index in [1.807, 2.05) is 19.9 Å². The number of benzene rings is 1. The van der Waals surface area contributed by atoms with Gasteiger partial charge >= 0.3 is 0 Å². The van der Waals surface area contributed by atoms with Crippen LogP contribution in [0.2, 0.25) is 0 Å². The average Bonchev–Trinajstić information content (AvgIpc) is 2.62. The minimum absolute atomic E-state index is 0.299. The summed E-state index contributed by atoms with van der Waals surface area (Å²) in [5.41, 5.74) is 1.24. The molecule has 0 aliphatic rings. The van der Waals surface area contributed by atoms with Gasteiger partial charge in [-0.3, -0.25) is 0 Å². The Kier molecular flexibility index (Phi) is 3.71. The first-order valence-electron chi connectivity index (χ1n) is 5.62. The third-order valence-electron chi connectivity index (χ3n) is 2.83. The molecule has 0 bridgehead atoms. The number of rotatable bonds is 3. The van der Waals surface area contributed by atoms with Crippen LogP contribution in [-0.4, -0.2) is 0 Å². The second kappa shape index (κ2) is 5.11. The third kappa shape index (κ3) is 2.72. The highest BCUT2D eigenvalue weighted by molar-refractivity contribution is 6.21. The van der Waals surface area contributed by atoms with E-state index in [0.29, 0.717) is 12.0 Å². The number of hydrogen-bond donors (Lipinski definition) is 0. The Morgan fingerprint density at radius 1 is 1.22 bits per heavy atom. The molecule has 2 rings (SSSR count). The molecular weight excluding hydrogens is 258 g/mol. The molecule has 0 amide bonds. The van der Waals surface area contributed by atoms with Crippen LogP contribution in [0.1, 0.15) is 28.0 Å². The summed E-state index contributed by atoms with van der Waals surface area (Å²) in [5, 5.41) is -0.387. The van der Waals surface area contributed by atoms with E-state index in [1.54, 1.807) is 0 Å². The summed E-state index contributed by atoms with van der Waals surface area (Å²) in [5.74, 6) is 0.346. The molecule has 1 unspecified atom stereocenters. The molecule has 1 heterocycles. The van der Waals surface area contributed by atoms with Crippen molar-refractivity contribution in [2.24, 2.45) is 0 Å². The normalized spacial score (nSPS) is 12.7. The van der Waals surface area contributed by atoms with Gasteiger partial charge in [0.2, 0.25) is 0 Å². The molecule has 1 atom stereocenters. The monoisotopic (exact) mass is 270 g/mol. The number of halogens is 3. The fourth-order valence-electron chi connectivity index (χ4n) is 1.95. The quantitative estimate of drug-likeness (QED) is 0.737. The van der Waals surface area contributed by atoms with Crippen molar-refractivity contribution < 1.29 is 13.2 Å². The van der Waals surface area contributed by atoms with Crippen molar-refractivity contribution in [2.45, 2.75) is 25.6 Å². The van der Waals surface area contributed by atoms with Crippen LogP contribution in [0.15, 0.2) is 28.7 Å². The summed E-state index contributed by atoms with van der Waals surface area (Å²) in [4.78, 5) is 0. The Bertz CT molecular complexity index is 563. The highest BCUT2D eigenvalue weighted by Crippen LogP contribution is 2.30. The predicted octanol–water partition coefficient (Wildman–Crippen LogP) is 4.70. The van der Waals surface area contributed by atoms with Crippen molar-refractivity contribution >= 4 is 11.6 Å². The molecule has 0 fully saturated rings. The van der Waals surface area contributed by atoms with E-state index in [2.05, 4.69) is 0 Å². The maximum atomic E-state index is 13.5. The lowest BCUT2D eigenvalue weighted by atomic mass is 10.0. The van der Waals surface area contributed by atoms with E-state index < -0.39 is 11.6 Å². The Hall–Kier alpha value is -1.35. The van der Waals surface area contributed by atoms with E-state index in [0.717, 1.165) is 23.2 Å². The second-order valence-corrected chi connectivity index (χ2v) is 4.80. The Morgan fingerprint density at radius 2 is 1.94 bits per heavy atom. The van der Waals surface area contributed by atoms with Crippen LogP contribution in [0.4, 0.5) is 8.78 Å². The van der Waals surface area contributed by atoms with Gasteiger partial charge in [0, 0.05) is 11.6 Å². The van der Waals surface area contributed by atoms with E-state index in [4.69, 9.17) is 16.0 Å². The van der Waals surface area contributed by atoms with Crippen molar-refractivity contribution in [2.75, 3.05) is 0 Å². The standard InChI is InChI=1S/C14H13ClF2O/c1-8-5-12(9(2)18-8)13(15)6-10-3-4-11(16)7-14(10)17/h3-5,7,13H,6H2,1-2H3. The largest absolute Gasteiger partial charge is 0.466 e. The van der Waals surface area contributed by atoms with Gasteiger partial charge in [0.1, 0.15) is 23.2 Å². The van der Waals surface area contributed by atoms with Crippen LogP contribution in [-0.2, 0) is 6.42 Å². The number of alkyl halides is 1. The van der Waals surface area contributed by atoms with E-state index in [9.17, 15) is 8.78 Å². The van der Waals surface area contributed by atoms with Crippen LogP contribution >= 0.6 is 11.6 Å². The van der Waals surface area contributed by atoms with E-state index in [1.165, 1.54) is 12.1 Å². The molecule has 0 radical (unpaired) electrons. The van der Waals surface area contributed by atoms with Crippen molar-refractivity contribution in [1.82, 2.24) is 0 Å². The minimum atomic E-state index is -0.585. The van der Waals surface area contributed by atoms with Gasteiger partial charge in [-0.2, -0.15) is 0 Å². The molecular formula is C14H13ClF2O. The molecule has 1 nitrogen and oxygen atoms in total. The molecule has 0 aliphatic carbocycles. The average molecular weight is 271 g/mol. The Labute approximate surface area is 109 Å². The van der Waals surface area contributed by atoms with E-state index in [-0.39, 0.29) is 5.38 Å². The van der Waals surface area contributed by atoms with Crippen LogP contribution in [0, 0.1) is 25.5 Å². The van der Waals surface area contributed by atoms with Gasteiger partial charge in [0.15, 0.2) is 0 Å². The van der Waals surface area contributed by atoms with Crippen molar-refractivity contribution in [1.29, 1.82) is 0 Å². The summed E-state index contributed by atoms with van der Waals surface area (Å²) >= 11 is 6.25. The van der Waals surface area contributed by atoms with Gasteiger partial charge in [0.25, 0.3) is 0 Å². The number of hydrogen-bond acceptors (Lipinski definition) is 1. The third-order valence-corrected chi connectivity index (χ3v) is 3.22. The van der Waals surface area contributed by atoms with Crippen LogP contribution in [0.3, 0.4) is 0 Å². The van der Waals surface area contributed by atoms with Crippen molar-refractivity contribution in [3.05, 3.63) is 58.5 Å². The first kappa shape index (κ1) is 13.1. The molecule has 0 spiro atoms. The lowest BCUT2D eigenvalue weighted by Crippen LogP contribution is -1.99. The molecule has 96 valence electrons. The van der Waals surface area contributed by atoms with Gasteiger partial charge in [-0.1, -0.05) is 6.07 Å². The zero-order valence-corrected chi connectivity index (χ0v) is 10.9. The summed E-state index contributed by atoms with van der Waals surface area (Å²) < 4.78 is 31.7.